The molecular weight excluding hydrogens is 107 g/mol. The Bertz CT molecular complexity index is 141. The highest BCUT2D eigenvalue weighted by Crippen LogP contribution is 1.89. The molecule has 0 amide bonds. The maximum atomic E-state index is 5.49. The van der Waals surface area contributed by atoms with Gasteiger partial charge in [-0.3, -0.25) is 0 Å². The highest BCUT2D eigenvalue weighted by molar-refractivity contribution is 6.23. The molecule has 0 saturated heterocycles. The highest BCUT2D eigenvalue weighted by Gasteiger charge is 1.72. The minimum Gasteiger partial charge on any atom is -0.0970 e. The summed E-state index contributed by atoms with van der Waals surface area (Å²) in [6.45, 7) is 3.90. The molecule has 0 aromatic carbocycles. The maximum Gasteiger partial charge on any atom is 0.113 e. The molecule has 0 heterocycles. The Morgan fingerprint density at radius 3 is 2.33 bits per heavy atom. The van der Waals surface area contributed by atoms with E-state index in [4.69, 9.17) is 7.85 Å². The normalized spacial score (nSPS) is 13.8. The fourth-order valence-corrected chi connectivity index (χ4v) is 0.455. The summed E-state index contributed by atoms with van der Waals surface area (Å²) in [6.07, 6.45) is 9.49. The van der Waals surface area contributed by atoms with Gasteiger partial charge in [0.15, 0.2) is 0 Å². The average molecular weight is 118 g/mol. The van der Waals surface area contributed by atoms with Gasteiger partial charge in [0.25, 0.3) is 0 Å². The van der Waals surface area contributed by atoms with Crippen molar-refractivity contribution in [2.24, 2.45) is 0 Å². The summed E-state index contributed by atoms with van der Waals surface area (Å²) in [4.78, 5) is 0. The smallest absolute Gasteiger partial charge is 0.0970 e. The molecule has 0 aliphatic carbocycles. The summed E-state index contributed by atoms with van der Waals surface area (Å²) in [5.41, 5.74) is 0.788. The Morgan fingerprint density at radius 2 is 1.89 bits per heavy atom. The van der Waals surface area contributed by atoms with E-state index in [2.05, 4.69) is 0 Å². The quantitative estimate of drug-likeness (QED) is 0.385. The van der Waals surface area contributed by atoms with E-state index in [0.29, 0.717) is 0 Å². The molecule has 0 rings (SSSR count). The first-order valence-corrected chi connectivity index (χ1v) is 3.02. The molecule has 0 saturated carbocycles. The third-order valence-electron chi connectivity index (χ3n) is 0.840. The third kappa shape index (κ3) is 5.15. The zero-order chi connectivity index (χ0) is 7.11. The van der Waals surface area contributed by atoms with Crippen molar-refractivity contribution >= 4 is 7.85 Å². The fraction of sp³-hybridized carbons (Fsp3) is 0.250. The van der Waals surface area contributed by atoms with Crippen LogP contribution in [0.4, 0.5) is 0 Å². The van der Waals surface area contributed by atoms with Crippen LogP contribution >= 0.6 is 0 Å². The standard InChI is InChI=1S/C8H11B/c1-3-5-7-8(9)6-4-2/h3-7H,1-2H3. The summed E-state index contributed by atoms with van der Waals surface area (Å²) < 4.78 is 0. The van der Waals surface area contributed by atoms with Crippen LogP contribution in [-0.2, 0) is 0 Å². The summed E-state index contributed by atoms with van der Waals surface area (Å²) in [7, 11) is 5.49. The van der Waals surface area contributed by atoms with Gasteiger partial charge in [-0.2, -0.15) is 0 Å². The van der Waals surface area contributed by atoms with Crippen molar-refractivity contribution in [1.82, 2.24) is 0 Å². The molecule has 46 valence electrons. The van der Waals surface area contributed by atoms with Crippen molar-refractivity contribution in [1.29, 1.82) is 0 Å². The lowest BCUT2D eigenvalue weighted by Gasteiger charge is -1.84. The number of allylic oxidation sites excluding steroid dienone is 6. The predicted octanol–water partition coefficient (Wildman–Crippen LogP) is 2.19. The largest absolute Gasteiger partial charge is 0.113 e. The van der Waals surface area contributed by atoms with Gasteiger partial charge in [-0.25, -0.2) is 0 Å². The van der Waals surface area contributed by atoms with Gasteiger partial charge in [-0.15, -0.1) is 0 Å². The van der Waals surface area contributed by atoms with Crippen molar-refractivity contribution in [3.63, 3.8) is 0 Å². The van der Waals surface area contributed by atoms with Crippen molar-refractivity contribution in [3.05, 3.63) is 35.9 Å². The van der Waals surface area contributed by atoms with Crippen molar-refractivity contribution in [2.75, 3.05) is 0 Å². The van der Waals surface area contributed by atoms with Gasteiger partial charge in [0.2, 0.25) is 0 Å². The second-order valence-electron chi connectivity index (χ2n) is 1.69. The fourth-order valence-electron chi connectivity index (χ4n) is 0.455. The van der Waals surface area contributed by atoms with E-state index in [1.54, 1.807) is 0 Å². The van der Waals surface area contributed by atoms with Crippen LogP contribution in [0.3, 0.4) is 0 Å². The van der Waals surface area contributed by atoms with E-state index >= 15 is 0 Å². The van der Waals surface area contributed by atoms with Crippen LogP contribution in [-0.4, -0.2) is 7.85 Å². The zero-order valence-electron chi connectivity index (χ0n) is 5.96. The number of rotatable bonds is 2. The molecule has 0 aromatic rings. The van der Waals surface area contributed by atoms with Gasteiger partial charge in [0.05, 0.1) is 0 Å². The molecule has 9 heavy (non-hydrogen) atoms. The van der Waals surface area contributed by atoms with Crippen LogP contribution in [0.1, 0.15) is 13.8 Å². The monoisotopic (exact) mass is 118 g/mol. The Balaban J connectivity index is 3.84. The second-order valence-corrected chi connectivity index (χ2v) is 1.69. The molecule has 0 N–H and O–H groups in total. The van der Waals surface area contributed by atoms with Crippen LogP contribution in [0.15, 0.2) is 35.9 Å². The highest BCUT2D eigenvalue weighted by atomic mass is 13.7. The van der Waals surface area contributed by atoms with Crippen molar-refractivity contribution in [2.45, 2.75) is 13.8 Å². The van der Waals surface area contributed by atoms with E-state index in [9.17, 15) is 0 Å². The number of hydrogen-bond donors (Lipinski definition) is 0. The summed E-state index contributed by atoms with van der Waals surface area (Å²) in [5, 5.41) is 0. The molecule has 0 nitrogen and oxygen atoms in total. The predicted molar refractivity (Wildman–Crippen MR) is 43.5 cm³/mol. The molecule has 1 heteroatoms. The van der Waals surface area contributed by atoms with E-state index < -0.39 is 0 Å². The number of hydrogen-bond acceptors (Lipinski definition) is 0. The van der Waals surface area contributed by atoms with Crippen molar-refractivity contribution < 1.29 is 0 Å². The molecule has 0 bridgehead atoms. The van der Waals surface area contributed by atoms with Gasteiger partial charge < -0.3 is 0 Å². The first kappa shape index (κ1) is 8.28. The summed E-state index contributed by atoms with van der Waals surface area (Å²) >= 11 is 0. The van der Waals surface area contributed by atoms with Crippen LogP contribution in [0, 0.1) is 0 Å². The molecule has 2 radical (unpaired) electrons. The minimum absolute atomic E-state index is 0.788. The Kier molecular flexibility index (Phi) is 4.99. The lowest BCUT2D eigenvalue weighted by molar-refractivity contribution is 1.68. The van der Waals surface area contributed by atoms with Crippen LogP contribution in [0.5, 0.6) is 0 Å². The van der Waals surface area contributed by atoms with Gasteiger partial charge in [-0.05, 0) is 13.8 Å². The lowest BCUT2D eigenvalue weighted by atomic mass is 9.95. The van der Waals surface area contributed by atoms with E-state index in [1.807, 2.05) is 44.2 Å². The first-order valence-electron chi connectivity index (χ1n) is 3.02. The molecule has 0 spiro atoms. The Hall–Kier alpha value is -0.715. The summed E-state index contributed by atoms with van der Waals surface area (Å²) in [5.74, 6) is 0. The Labute approximate surface area is 58.4 Å². The van der Waals surface area contributed by atoms with Gasteiger partial charge >= 0.3 is 0 Å². The van der Waals surface area contributed by atoms with Gasteiger partial charge in [-0.1, -0.05) is 35.9 Å². The molecule has 0 fully saturated rings. The van der Waals surface area contributed by atoms with Gasteiger partial charge in [0, 0.05) is 0 Å². The first-order chi connectivity index (χ1) is 4.31. The molecule has 0 aromatic heterocycles. The van der Waals surface area contributed by atoms with Crippen LogP contribution in [0.2, 0.25) is 0 Å². The minimum atomic E-state index is 0.788. The SMILES string of the molecule is [B]C(C=CC)=CC=CC. The zero-order valence-corrected chi connectivity index (χ0v) is 5.96. The van der Waals surface area contributed by atoms with Crippen molar-refractivity contribution in [3.8, 4) is 0 Å². The van der Waals surface area contributed by atoms with E-state index in [-0.39, 0.29) is 0 Å². The molecule has 0 aliphatic heterocycles. The molecule has 0 aliphatic rings. The maximum absolute atomic E-state index is 5.49. The second kappa shape index (κ2) is 5.42. The van der Waals surface area contributed by atoms with Crippen LogP contribution < -0.4 is 0 Å². The molecular formula is C8H11B. The van der Waals surface area contributed by atoms with Gasteiger partial charge in [0.1, 0.15) is 7.85 Å². The van der Waals surface area contributed by atoms with E-state index in [1.165, 1.54) is 0 Å². The summed E-state index contributed by atoms with van der Waals surface area (Å²) in [6, 6.07) is 0. The third-order valence-corrected chi connectivity index (χ3v) is 0.840. The topological polar surface area (TPSA) is 0 Å². The Morgan fingerprint density at radius 1 is 1.22 bits per heavy atom. The molecule has 0 unspecified atom stereocenters. The van der Waals surface area contributed by atoms with Crippen LogP contribution in [0.25, 0.3) is 0 Å². The average Bonchev–Trinajstić information content (AvgIpc) is 1.85. The lowest BCUT2D eigenvalue weighted by Crippen LogP contribution is -1.70. The van der Waals surface area contributed by atoms with E-state index in [0.717, 1.165) is 5.47 Å². The molecule has 0 atom stereocenters.